The number of halogens is 3. The SMILES string of the molecule is CNCCN(C)C(=O)COc1cc(Cl)ccc1Cl.Cl. The average Bonchev–Trinajstić information content (AvgIpc) is 2.36. The van der Waals surface area contributed by atoms with Crippen LogP contribution in [0.1, 0.15) is 0 Å². The number of nitrogens with one attached hydrogen (secondary N) is 1. The number of carbonyl (C=O) groups excluding carboxylic acids is 1. The summed E-state index contributed by atoms with van der Waals surface area (Å²) in [5.41, 5.74) is 0. The van der Waals surface area contributed by atoms with Crippen LogP contribution in [0.5, 0.6) is 5.75 Å². The number of nitrogens with zero attached hydrogens (tertiary/aromatic N) is 1. The van der Waals surface area contributed by atoms with Gasteiger partial charge in [-0.2, -0.15) is 0 Å². The minimum Gasteiger partial charge on any atom is -0.482 e. The van der Waals surface area contributed by atoms with Crippen LogP contribution in [0.3, 0.4) is 0 Å². The minimum atomic E-state index is -0.110. The number of hydrogen-bond donors (Lipinski definition) is 1. The van der Waals surface area contributed by atoms with E-state index in [1.165, 1.54) is 0 Å². The average molecular weight is 328 g/mol. The third kappa shape index (κ3) is 6.34. The molecule has 0 aliphatic carbocycles. The van der Waals surface area contributed by atoms with Crippen LogP contribution < -0.4 is 10.1 Å². The second-order valence-electron chi connectivity index (χ2n) is 3.78. The Morgan fingerprint density at radius 3 is 2.74 bits per heavy atom. The summed E-state index contributed by atoms with van der Waals surface area (Å²) in [6.07, 6.45) is 0. The molecule has 0 radical (unpaired) electrons. The first kappa shape index (κ1) is 18.3. The highest BCUT2D eigenvalue weighted by Gasteiger charge is 2.10. The zero-order valence-electron chi connectivity index (χ0n) is 10.8. The number of benzene rings is 1. The van der Waals surface area contributed by atoms with Crippen molar-refractivity contribution in [3.8, 4) is 5.75 Å². The van der Waals surface area contributed by atoms with Gasteiger partial charge in [-0.25, -0.2) is 0 Å². The van der Waals surface area contributed by atoms with Gasteiger partial charge in [0.1, 0.15) is 5.75 Å². The molecule has 0 spiro atoms. The van der Waals surface area contributed by atoms with Gasteiger partial charge in [-0.05, 0) is 19.2 Å². The molecule has 0 aliphatic heterocycles. The predicted octanol–water partition coefficient (Wildman–Crippen LogP) is 2.47. The van der Waals surface area contributed by atoms with E-state index in [0.717, 1.165) is 6.54 Å². The molecule has 0 aliphatic rings. The highest BCUT2D eigenvalue weighted by atomic mass is 35.5. The van der Waals surface area contributed by atoms with Crippen LogP contribution in [0, 0.1) is 0 Å². The molecule has 108 valence electrons. The summed E-state index contributed by atoms with van der Waals surface area (Å²) in [4.78, 5) is 13.3. The van der Waals surface area contributed by atoms with E-state index in [-0.39, 0.29) is 24.9 Å². The Bertz CT molecular complexity index is 416. The maximum atomic E-state index is 11.7. The predicted molar refractivity (Wildman–Crippen MR) is 80.8 cm³/mol. The first-order valence-electron chi connectivity index (χ1n) is 5.51. The van der Waals surface area contributed by atoms with Crippen molar-refractivity contribution in [2.45, 2.75) is 0 Å². The van der Waals surface area contributed by atoms with Gasteiger partial charge in [-0.15, -0.1) is 12.4 Å². The van der Waals surface area contributed by atoms with Crippen molar-refractivity contribution in [3.05, 3.63) is 28.2 Å². The molecule has 1 aromatic carbocycles. The minimum absolute atomic E-state index is 0. The molecule has 1 amide bonds. The van der Waals surface area contributed by atoms with E-state index >= 15 is 0 Å². The van der Waals surface area contributed by atoms with Crippen molar-refractivity contribution in [3.63, 3.8) is 0 Å². The molecule has 4 nitrogen and oxygen atoms in total. The standard InChI is InChI=1S/C12H16Cl2N2O2.ClH/c1-15-5-6-16(2)12(17)8-18-11-7-9(13)3-4-10(11)14;/h3-4,7,15H,5-6,8H2,1-2H3;1H. The monoisotopic (exact) mass is 326 g/mol. The Morgan fingerprint density at radius 2 is 2.11 bits per heavy atom. The highest BCUT2D eigenvalue weighted by Crippen LogP contribution is 2.27. The van der Waals surface area contributed by atoms with Gasteiger partial charge in [0.2, 0.25) is 0 Å². The zero-order valence-corrected chi connectivity index (χ0v) is 13.1. The lowest BCUT2D eigenvalue weighted by Crippen LogP contribution is -2.35. The van der Waals surface area contributed by atoms with Gasteiger partial charge in [0.15, 0.2) is 6.61 Å². The van der Waals surface area contributed by atoms with E-state index in [1.807, 2.05) is 7.05 Å². The van der Waals surface area contributed by atoms with Crippen LogP contribution in [-0.4, -0.2) is 44.6 Å². The molecule has 0 saturated heterocycles. The van der Waals surface area contributed by atoms with Gasteiger partial charge >= 0.3 is 0 Å². The number of carbonyl (C=O) groups is 1. The van der Waals surface area contributed by atoms with Gasteiger partial charge in [0, 0.05) is 31.2 Å². The molecule has 0 fully saturated rings. The molecule has 1 N–H and O–H groups in total. The summed E-state index contributed by atoms with van der Waals surface area (Å²) in [5.74, 6) is 0.306. The van der Waals surface area contributed by atoms with Crippen molar-refractivity contribution in [2.24, 2.45) is 0 Å². The largest absolute Gasteiger partial charge is 0.482 e. The van der Waals surface area contributed by atoms with E-state index in [0.29, 0.717) is 22.3 Å². The summed E-state index contributed by atoms with van der Waals surface area (Å²) in [6.45, 7) is 1.31. The summed E-state index contributed by atoms with van der Waals surface area (Å²) in [6, 6.07) is 4.89. The lowest BCUT2D eigenvalue weighted by molar-refractivity contribution is -0.131. The molecule has 0 unspecified atom stereocenters. The fourth-order valence-electron chi connectivity index (χ4n) is 1.24. The first-order valence-corrected chi connectivity index (χ1v) is 6.26. The normalized spacial score (nSPS) is 9.68. The molecule has 19 heavy (non-hydrogen) atoms. The second kappa shape index (κ2) is 9.26. The lowest BCUT2D eigenvalue weighted by atomic mass is 10.3. The Labute approximate surface area is 129 Å². The smallest absolute Gasteiger partial charge is 0.260 e. The Kier molecular flexibility index (Phi) is 8.93. The Morgan fingerprint density at radius 1 is 1.42 bits per heavy atom. The van der Waals surface area contributed by atoms with Gasteiger partial charge in [-0.1, -0.05) is 23.2 Å². The number of ether oxygens (including phenoxy) is 1. The molecular weight excluding hydrogens is 311 g/mol. The van der Waals surface area contributed by atoms with Gasteiger partial charge in [0.05, 0.1) is 5.02 Å². The van der Waals surface area contributed by atoms with Crippen LogP contribution in [-0.2, 0) is 4.79 Å². The lowest BCUT2D eigenvalue weighted by Gasteiger charge is -2.17. The van der Waals surface area contributed by atoms with E-state index in [2.05, 4.69) is 5.32 Å². The van der Waals surface area contributed by atoms with Crippen LogP contribution in [0.2, 0.25) is 10.0 Å². The molecule has 0 heterocycles. The summed E-state index contributed by atoms with van der Waals surface area (Å²) in [7, 11) is 3.56. The van der Waals surface area contributed by atoms with E-state index in [9.17, 15) is 4.79 Å². The quantitative estimate of drug-likeness (QED) is 0.873. The van der Waals surface area contributed by atoms with E-state index in [4.69, 9.17) is 27.9 Å². The van der Waals surface area contributed by atoms with Crippen molar-refractivity contribution in [1.82, 2.24) is 10.2 Å². The van der Waals surface area contributed by atoms with Crippen molar-refractivity contribution >= 4 is 41.5 Å². The van der Waals surface area contributed by atoms with Crippen LogP contribution in [0.15, 0.2) is 18.2 Å². The third-order valence-corrected chi connectivity index (χ3v) is 2.91. The zero-order chi connectivity index (χ0) is 13.5. The molecule has 0 saturated carbocycles. The van der Waals surface area contributed by atoms with Crippen molar-refractivity contribution in [2.75, 3.05) is 33.8 Å². The van der Waals surface area contributed by atoms with E-state index < -0.39 is 0 Å². The number of likely N-dealkylation sites (N-methyl/N-ethyl adjacent to an activating group) is 2. The highest BCUT2D eigenvalue weighted by molar-refractivity contribution is 6.34. The number of amides is 1. The maximum absolute atomic E-state index is 11.7. The molecule has 7 heteroatoms. The maximum Gasteiger partial charge on any atom is 0.260 e. The Balaban J connectivity index is 0.00000324. The molecule has 1 aromatic rings. The number of hydrogen-bond acceptors (Lipinski definition) is 3. The second-order valence-corrected chi connectivity index (χ2v) is 4.63. The summed E-state index contributed by atoms with van der Waals surface area (Å²) < 4.78 is 5.35. The fourth-order valence-corrected chi connectivity index (χ4v) is 1.58. The van der Waals surface area contributed by atoms with Crippen molar-refractivity contribution < 1.29 is 9.53 Å². The third-order valence-electron chi connectivity index (χ3n) is 2.37. The van der Waals surface area contributed by atoms with Crippen LogP contribution >= 0.6 is 35.6 Å². The molecule has 0 aromatic heterocycles. The summed E-state index contributed by atoms with van der Waals surface area (Å²) in [5, 5.41) is 3.92. The van der Waals surface area contributed by atoms with Crippen LogP contribution in [0.4, 0.5) is 0 Å². The first-order chi connectivity index (χ1) is 8.54. The molecule has 0 bridgehead atoms. The molecular formula is C12H17Cl3N2O2. The molecule has 1 rings (SSSR count). The van der Waals surface area contributed by atoms with Crippen molar-refractivity contribution in [1.29, 1.82) is 0 Å². The van der Waals surface area contributed by atoms with Gasteiger partial charge < -0.3 is 15.0 Å². The number of rotatable bonds is 6. The van der Waals surface area contributed by atoms with Crippen LogP contribution in [0.25, 0.3) is 0 Å². The Hall–Kier alpha value is -0.680. The fraction of sp³-hybridized carbons (Fsp3) is 0.417. The van der Waals surface area contributed by atoms with E-state index in [1.54, 1.807) is 30.1 Å². The molecule has 0 atom stereocenters. The topological polar surface area (TPSA) is 41.6 Å². The summed E-state index contributed by atoms with van der Waals surface area (Å²) >= 11 is 11.7. The van der Waals surface area contributed by atoms with Gasteiger partial charge in [0.25, 0.3) is 5.91 Å². The van der Waals surface area contributed by atoms with Gasteiger partial charge in [-0.3, -0.25) is 4.79 Å².